The molecule has 106 valence electrons. The molecular weight excluding hydrogens is 308 g/mol. The first-order valence-electron chi connectivity index (χ1n) is 6.51. The number of halogens is 1. The van der Waals surface area contributed by atoms with E-state index in [2.05, 4.69) is 21.2 Å². The van der Waals surface area contributed by atoms with Crippen molar-refractivity contribution >= 4 is 27.5 Å². The molecule has 4 nitrogen and oxygen atoms in total. The third-order valence-electron chi connectivity index (χ3n) is 2.81. The van der Waals surface area contributed by atoms with E-state index in [9.17, 15) is 4.79 Å². The highest BCUT2D eigenvalue weighted by Gasteiger charge is 2.06. The molecule has 0 aliphatic rings. The first-order chi connectivity index (χ1) is 9.17. The molecule has 0 spiro atoms. The van der Waals surface area contributed by atoms with Gasteiger partial charge in [0, 0.05) is 17.0 Å². The highest BCUT2D eigenvalue weighted by molar-refractivity contribution is 9.10. The van der Waals surface area contributed by atoms with Crippen LogP contribution in [-0.4, -0.2) is 19.6 Å². The van der Waals surface area contributed by atoms with E-state index in [1.165, 1.54) is 0 Å². The minimum Gasteiger partial charge on any atom is -0.497 e. The Bertz CT molecular complexity index is 410. The second-order valence-electron chi connectivity index (χ2n) is 4.35. The van der Waals surface area contributed by atoms with Gasteiger partial charge in [0.25, 0.3) is 0 Å². The number of amides is 1. The van der Waals surface area contributed by atoms with Crippen LogP contribution in [0.5, 0.6) is 5.75 Å². The summed E-state index contributed by atoms with van der Waals surface area (Å²) in [5.41, 5.74) is 6.16. The highest BCUT2D eigenvalue weighted by Crippen LogP contribution is 2.27. The summed E-state index contributed by atoms with van der Waals surface area (Å²) in [6.07, 6.45) is 4.60. The molecule has 0 aromatic heterocycles. The van der Waals surface area contributed by atoms with Crippen molar-refractivity contribution in [1.29, 1.82) is 0 Å². The molecule has 0 saturated heterocycles. The first-order valence-corrected chi connectivity index (χ1v) is 7.30. The summed E-state index contributed by atoms with van der Waals surface area (Å²) in [6, 6.07) is 5.50. The maximum Gasteiger partial charge on any atom is 0.224 e. The van der Waals surface area contributed by atoms with Gasteiger partial charge in [0.2, 0.25) is 5.91 Å². The summed E-state index contributed by atoms with van der Waals surface area (Å²) in [6.45, 7) is 0.725. The number of hydrogen-bond acceptors (Lipinski definition) is 3. The number of hydrogen-bond donors (Lipinski definition) is 2. The number of carbonyl (C=O) groups excluding carboxylic acids is 1. The van der Waals surface area contributed by atoms with E-state index in [-0.39, 0.29) is 5.91 Å². The highest BCUT2D eigenvalue weighted by atomic mass is 79.9. The second-order valence-corrected chi connectivity index (χ2v) is 5.20. The van der Waals surface area contributed by atoms with E-state index in [1.54, 1.807) is 13.2 Å². The quantitative estimate of drug-likeness (QED) is 0.719. The predicted molar refractivity (Wildman–Crippen MR) is 81.5 cm³/mol. The van der Waals surface area contributed by atoms with Crippen molar-refractivity contribution in [3.63, 3.8) is 0 Å². The number of nitrogens with two attached hydrogens (primary N) is 1. The van der Waals surface area contributed by atoms with Crippen LogP contribution in [0.4, 0.5) is 5.69 Å². The Hall–Kier alpha value is -1.07. The van der Waals surface area contributed by atoms with Gasteiger partial charge >= 0.3 is 0 Å². The van der Waals surface area contributed by atoms with Gasteiger partial charge in [0.15, 0.2) is 0 Å². The van der Waals surface area contributed by atoms with Crippen molar-refractivity contribution in [2.75, 3.05) is 19.0 Å². The third kappa shape index (κ3) is 6.07. The van der Waals surface area contributed by atoms with Crippen molar-refractivity contribution in [3.8, 4) is 5.75 Å². The van der Waals surface area contributed by atoms with Crippen LogP contribution in [0.1, 0.15) is 32.1 Å². The van der Waals surface area contributed by atoms with E-state index >= 15 is 0 Å². The second kappa shape index (κ2) is 8.93. The fourth-order valence-electron chi connectivity index (χ4n) is 1.72. The van der Waals surface area contributed by atoms with Crippen LogP contribution >= 0.6 is 15.9 Å². The van der Waals surface area contributed by atoms with Crippen LogP contribution in [0.15, 0.2) is 22.7 Å². The molecule has 0 saturated carbocycles. The maximum atomic E-state index is 11.8. The van der Waals surface area contributed by atoms with E-state index in [4.69, 9.17) is 10.5 Å². The van der Waals surface area contributed by atoms with Crippen molar-refractivity contribution in [2.45, 2.75) is 32.1 Å². The smallest absolute Gasteiger partial charge is 0.224 e. The van der Waals surface area contributed by atoms with Crippen molar-refractivity contribution in [3.05, 3.63) is 22.7 Å². The van der Waals surface area contributed by atoms with Gasteiger partial charge in [-0.2, -0.15) is 0 Å². The Kier molecular flexibility index (Phi) is 7.52. The van der Waals surface area contributed by atoms with Gasteiger partial charge in [-0.05, 0) is 47.4 Å². The molecule has 1 rings (SSSR count). The molecule has 0 aliphatic carbocycles. The minimum absolute atomic E-state index is 0.0294. The van der Waals surface area contributed by atoms with Crippen molar-refractivity contribution in [2.24, 2.45) is 5.73 Å². The summed E-state index contributed by atoms with van der Waals surface area (Å²) in [4.78, 5) is 11.8. The summed E-state index contributed by atoms with van der Waals surface area (Å²) in [5, 5.41) is 2.89. The molecule has 1 amide bonds. The van der Waals surface area contributed by atoms with Crippen LogP contribution in [0, 0.1) is 0 Å². The lowest BCUT2D eigenvalue weighted by Gasteiger charge is -2.09. The van der Waals surface area contributed by atoms with Crippen LogP contribution in [0.25, 0.3) is 0 Å². The van der Waals surface area contributed by atoms with E-state index in [0.29, 0.717) is 6.42 Å². The molecule has 0 unspecified atom stereocenters. The summed E-state index contributed by atoms with van der Waals surface area (Å²) >= 11 is 3.41. The molecule has 0 aliphatic heterocycles. The number of methoxy groups -OCH3 is 1. The van der Waals surface area contributed by atoms with Crippen LogP contribution in [0.3, 0.4) is 0 Å². The van der Waals surface area contributed by atoms with Crippen molar-refractivity contribution in [1.82, 2.24) is 0 Å². The fourth-order valence-corrected chi connectivity index (χ4v) is 2.07. The largest absolute Gasteiger partial charge is 0.497 e. The molecule has 19 heavy (non-hydrogen) atoms. The van der Waals surface area contributed by atoms with Gasteiger partial charge in [0.05, 0.1) is 12.8 Å². The zero-order chi connectivity index (χ0) is 14.1. The van der Waals surface area contributed by atoms with Crippen LogP contribution < -0.4 is 15.8 Å². The number of rotatable bonds is 8. The first kappa shape index (κ1) is 16.0. The average molecular weight is 329 g/mol. The van der Waals surface area contributed by atoms with Crippen molar-refractivity contribution < 1.29 is 9.53 Å². The number of benzene rings is 1. The lowest BCUT2D eigenvalue weighted by molar-refractivity contribution is -0.116. The van der Waals surface area contributed by atoms with Gasteiger partial charge in [-0.25, -0.2) is 0 Å². The molecule has 5 heteroatoms. The fraction of sp³-hybridized carbons (Fsp3) is 0.500. The predicted octanol–water partition coefficient (Wildman–Crippen LogP) is 3.31. The average Bonchev–Trinajstić information content (AvgIpc) is 2.41. The van der Waals surface area contributed by atoms with Crippen LogP contribution in [0.2, 0.25) is 0 Å². The Morgan fingerprint density at radius 1 is 1.32 bits per heavy atom. The number of carbonyl (C=O) groups is 1. The molecule has 0 radical (unpaired) electrons. The zero-order valence-electron chi connectivity index (χ0n) is 11.2. The monoisotopic (exact) mass is 328 g/mol. The number of nitrogens with one attached hydrogen (secondary N) is 1. The van der Waals surface area contributed by atoms with Gasteiger partial charge in [0.1, 0.15) is 5.75 Å². The number of unbranched alkanes of at least 4 members (excludes halogenated alkanes) is 3. The van der Waals surface area contributed by atoms with E-state index < -0.39 is 0 Å². The Morgan fingerprint density at radius 2 is 2.05 bits per heavy atom. The lowest BCUT2D eigenvalue weighted by atomic mass is 10.1. The van der Waals surface area contributed by atoms with E-state index in [0.717, 1.165) is 48.1 Å². The van der Waals surface area contributed by atoms with Crippen LogP contribution in [-0.2, 0) is 4.79 Å². The molecule has 1 aromatic carbocycles. The van der Waals surface area contributed by atoms with Gasteiger partial charge in [-0.1, -0.05) is 12.8 Å². The normalized spacial score (nSPS) is 10.3. The van der Waals surface area contributed by atoms with Gasteiger partial charge in [-0.15, -0.1) is 0 Å². The Labute approximate surface area is 122 Å². The molecule has 0 atom stereocenters. The minimum atomic E-state index is 0.0294. The zero-order valence-corrected chi connectivity index (χ0v) is 12.8. The van der Waals surface area contributed by atoms with E-state index in [1.807, 2.05) is 12.1 Å². The van der Waals surface area contributed by atoms with Gasteiger partial charge in [-0.3, -0.25) is 4.79 Å². The summed E-state index contributed by atoms with van der Waals surface area (Å²) in [7, 11) is 1.60. The maximum absolute atomic E-state index is 11.8. The summed E-state index contributed by atoms with van der Waals surface area (Å²) < 4.78 is 5.98. The molecular formula is C14H21BrN2O2. The molecule has 0 bridgehead atoms. The molecule has 1 aromatic rings. The molecule has 0 heterocycles. The van der Waals surface area contributed by atoms with Gasteiger partial charge < -0.3 is 15.8 Å². The third-order valence-corrected chi connectivity index (χ3v) is 3.50. The SMILES string of the molecule is COc1ccc(Br)c(NC(=O)CCCCCCN)c1. The standard InChI is InChI=1S/C14H21BrN2O2/c1-19-11-7-8-12(15)13(10-11)17-14(18)6-4-2-3-5-9-16/h7-8,10H,2-6,9,16H2,1H3,(H,17,18). The molecule has 0 fully saturated rings. The number of anilines is 1. The Balaban J connectivity index is 2.39. The summed E-state index contributed by atoms with van der Waals surface area (Å²) in [5.74, 6) is 0.753. The Morgan fingerprint density at radius 3 is 2.74 bits per heavy atom. The topological polar surface area (TPSA) is 64.3 Å². The molecule has 3 N–H and O–H groups in total. The number of ether oxygens (including phenoxy) is 1. The lowest BCUT2D eigenvalue weighted by Crippen LogP contribution is -2.11.